The predicted molar refractivity (Wildman–Crippen MR) is 114 cm³/mol. The van der Waals surface area contributed by atoms with Gasteiger partial charge in [0.15, 0.2) is 11.5 Å². The van der Waals surface area contributed by atoms with Crippen LogP contribution in [0.15, 0.2) is 30.3 Å². The van der Waals surface area contributed by atoms with Gasteiger partial charge in [-0.05, 0) is 49.7 Å². The van der Waals surface area contributed by atoms with E-state index in [0.29, 0.717) is 47.3 Å². The minimum atomic E-state index is -1.07. The molecule has 0 spiro atoms. The summed E-state index contributed by atoms with van der Waals surface area (Å²) in [6.07, 6.45) is 0. The van der Waals surface area contributed by atoms with E-state index in [4.69, 9.17) is 18.9 Å². The second-order valence-electron chi connectivity index (χ2n) is 7.04. The Morgan fingerprint density at radius 2 is 1.61 bits per heavy atom. The van der Waals surface area contributed by atoms with Crippen LogP contribution in [0.2, 0.25) is 0 Å². The van der Waals surface area contributed by atoms with Crippen LogP contribution in [0.3, 0.4) is 0 Å². The topological polar surface area (TPSA) is 94.5 Å². The zero-order chi connectivity index (χ0) is 22.7. The fourth-order valence-electron chi connectivity index (χ4n) is 3.99. The van der Waals surface area contributed by atoms with Crippen LogP contribution in [0.25, 0.3) is 0 Å². The fourth-order valence-corrected chi connectivity index (χ4v) is 3.99. The molecule has 31 heavy (non-hydrogen) atoms. The number of likely N-dealkylation sites (N-methyl/N-ethyl adjacent to an activating group) is 1. The molecule has 1 aliphatic heterocycles. The molecule has 0 unspecified atom stereocenters. The lowest BCUT2D eigenvalue weighted by Crippen LogP contribution is -2.42. The largest absolute Gasteiger partial charge is 0.497 e. The lowest BCUT2D eigenvalue weighted by molar-refractivity contribution is -0.140. The maximum absolute atomic E-state index is 13.3. The highest BCUT2D eigenvalue weighted by atomic mass is 16.5. The van der Waals surface area contributed by atoms with E-state index in [9.17, 15) is 14.7 Å². The summed E-state index contributed by atoms with van der Waals surface area (Å²) in [5.74, 6) is -0.610. The van der Waals surface area contributed by atoms with Crippen LogP contribution < -0.4 is 18.9 Å². The number of benzene rings is 2. The van der Waals surface area contributed by atoms with Gasteiger partial charge in [0.2, 0.25) is 0 Å². The van der Waals surface area contributed by atoms with Crippen molar-refractivity contribution >= 4 is 11.9 Å². The van der Waals surface area contributed by atoms with E-state index >= 15 is 0 Å². The molecule has 1 N–H and O–H groups in total. The van der Waals surface area contributed by atoms with Crippen molar-refractivity contribution in [3.05, 3.63) is 47.0 Å². The number of rotatable bonds is 8. The number of carbonyl (C=O) groups excluding carboxylic acids is 1. The van der Waals surface area contributed by atoms with Crippen LogP contribution in [-0.4, -0.2) is 56.4 Å². The normalized spacial score (nSPS) is 17.7. The number of hydrogen-bond donors (Lipinski definition) is 1. The standard InChI is InChI=1S/C23H27NO7/c1-6-30-18-11-14-15(12-19(18)31-7-2)22(25)24(3)21(20(14)23(26)27)16-10-13(28-4)8-9-17(16)29-5/h8-12,20-21H,6-7H2,1-5H3,(H,26,27)/t20-,21-/m0/s1. The Hall–Kier alpha value is -3.42. The molecule has 2 atom stereocenters. The number of carboxylic acids is 1. The molecule has 1 heterocycles. The number of carboxylic acid groups (broad SMARTS) is 1. The molecule has 166 valence electrons. The Kier molecular flexibility index (Phi) is 6.58. The van der Waals surface area contributed by atoms with E-state index in [-0.39, 0.29) is 11.5 Å². The summed E-state index contributed by atoms with van der Waals surface area (Å²) in [7, 11) is 4.61. The first-order valence-corrected chi connectivity index (χ1v) is 10.0. The lowest BCUT2D eigenvalue weighted by Gasteiger charge is -2.39. The van der Waals surface area contributed by atoms with Gasteiger partial charge in [-0.25, -0.2) is 0 Å². The van der Waals surface area contributed by atoms with Crippen LogP contribution in [0.4, 0.5) is 0 Å². The molecule has 0 aromatic heterocycles. The second kappa shape index (κ2) is 9.16. The summed E-state index contributed by atoms with van der Waals surface area (Å²) in [5, 5.41) is 10.2. The van der Waals surface area contributed by atoms with E-state index in [1.54, 1.807) is 37.4 Å². The SMILES string of the molecule is CCOc1cc2c(cc1OCC)[C@H](C(=O)O)[C@H](c1cc(OC)ccc1OC)N(C)C2=O. The van der Waals surface area contributed by atoms with Crippen molar-refractivity contribution in [3.8, 4) is 23.0 Å². The van der Waals surface area contributed by atoms with Crippen molar-refractivity contribution < 1.29 is 33.6 Å². The third kappa shape index (κ3) is 3.97. The van der Waals surface area contributed by atoms with Gasteiger partial charge in [0, 0.05) is 18.2 Å². The molecule has 1 amide bonds. The van der Waals surface area contributed by atoms with E-state index < -0.39 is 17.9 Å². The fraction of sp³-hybridized carbons (Fsp3) is 0.391. The van der Waals surface area contributed by atoms with Gasteiger partial charge in [0.05, 0.1) is 33.5 Å². The van der Waals surface area contributed by atoms with E-state index in [2.05, 4.69) is 0 Å². The summed E-state index contributed by atoms with van der Waals surface area (Å²) in [5.41, 5.74) is 1.19. The molecule has 8 nitrogen and oxygen atoms in total. The summed E-state index contributed by atoms with van der Waals surface area (Å²) in [6, 6.07) is 7.48. The quantitative estimate of drug-likeness (QED) is 0.686. The molecule has 0 saturated carbocycles. The molecule has 2 aromatic carbocycles. The van der Waals surface area contributed by atoms with Crippen molar-refractivity contribution in [2.45, 2.75) is 25.8 Å². The van der Waals surface area contributed by atoms with Crippen molar-refractivity contribution in [3.63, 3.8) is 0 Å². The van der Waals surface area contributed by atoms with Crippen molar-refractivity contribution in [1.29, 1.82) is 0 Å². The highest BCUT2D eigenvalue weighted by molar-refractivity contribution is 6.01. The van der Waals surface area contributed by atoms with Crippen LogP contribution >= 0.6 is 0 Å². The van der Waals surface area contributed by atoms with Crippen molar-refractivity contribution in [1.82, 2.24) is 4.90 Å². The maximum Gasteiger partial charge on any atom is 0.313 e. The van der Waals surface area contributed by atoms with Gasteiger partial charge in [0.25, 0.3) is 5.91 Å². The molecule has 0 fully saturated rings. The van der Waals surface area contributed by atoms with Gasteiger partial charge in [-0.2, -0.15) is 0 Å². The highest BCUT2D eigenvalue weighted by Gasteiger charge is 2.45. The van der Waals surface area contributed by atoms with Gasteiger partial charge >= 0.3 is 5.97 Å². The Morgan fingerprint density at radius 1 is 0.968 bits per heavy atom. The van der Waals surface area contributed by atoms with E-state index in [0.717, 1.165) is 0 Å². The summed E-state index contributed by atoms with van der Waals surface area (Å²) < 4.78 is 22.1. The minimum Gasteiger partial charge on any atom is -0.497 e. The zero-order valence-electron chi connectivity index (χ0n) is 18.3. The molecular weight excluding hydrogens is 402 g/mol. The number of carbonyl (C=O) groups is 2. The number of methoxy groups -OCH3 is 2. The molecule has 2 aromatic rings. The zero-order valence-corrected chi connectivity index (χ0v) is 18.3. The number of nitrogens with zero attached hydrogens (tertiary/aromatic N) is 1. The molecular formula is C23H27NO7. The summed E-state index contributed by atoms with van der Waals surface area (Å²) in [6.45, 7) is 4.41. The van der Waals surface area contributed by atoms with Crippen LogP contribution in [0.5, 0.6) is 23.0 Å². The van der Waals surface area contributed by atoms with Gasteiger partial charge < -0.3 is 29.0 Å². The van der Waals surface area contributed by atoms with Crippen LogP contribution in [-0.2, 0) is 4.79 Å². The van der Waals surface area contributed by atoms with Crippen molar-refractivity contribution in [2.24, 2.45) is 0 Å². The third-order valence-corrected chi connectivity index (χ3v) is 5.36. The Bertz CT molecular complexity index is 988. The molecule has 8 heteroatoms. The molecule has 1 aliphatic rings. The average Bonchev–Trinajstić information content (AvgIpc) is 2.76. The van der Waals surface area contributed by atoms with Gasteiger partial charge in [0.1, 0.15) is 17.4 Å². The highest BCUT2D eigenvalue weighted by Crippen LogP contribution is 2.48. The molecule has 0 radical (unpaired) electrons. The molecule has 0 bridgehead atoms. The first-order valence-electron chi connectivity index (χ1n) is 10.0. The minimum absolute atomic E-state index is 0.278. The number of ether oxygens (including phenoxy) is 4. The molecule has 3 rings (SSSR count). The monoisotopic (exact) mass is 429 g/mol. The number of hydrogen-bond acceptors (Lipinski definition) is 6. The van der Waals surface area contributed by atoms with Gasteiger partial charge in [-0.3, -0.25) is 9.59 Å². The Morgan fingerprint density at radius 3 is 2.16 bits per heavy atom. The average molecular weight is 429 g/mol. The predicted octanol–water partition coefficient (Wildman–Crippen LogP) is 3.50. The number of amides is 1. The number of fused-ring (bicyclic) bond motifs is 1. The number of aliphatic carboxylic acids is 1. The first-order chi connectivity index (χ1) is 14.9. The van der Waals surface area contributed by atoms with Gasteiger partial charge in [-0.1, -0.05) is 0 Å². The smallest absolute Gasteiger partial charge is 0.313 e. The molecule has 0 saturated heterocycles. The van der Waals surface area contributed by atoms with E-state index in [1.807, 2.05) is 13.8 Å². The third-order valence-electron chi connectivity index (χ3n) is 5.36. The molecule has 0 aliphatic carbocycles. The van der Waals surface area contributed by atoms with E-state index in [1.165, 1.54) is 19.1 Å². The summed E-state index contributed by atoms with van der Waals surface area (Å²) >= 11 is 0. The second-order valence-corrected chi connectivity index (χ2v) is 7.04. The van der Waals surface area contributed by atoms with Crippen molar-refractivity contribution in [2.75, 3.05) is 34.5 Å². The maximum atomic E-state index is 13.3. The van der Waals surface area contributed by atoms with Crippen LogP contribution in [0.1, 0.15) is 47.3 Å². The Balaban J connectivity index is 2.26. The Labute approximate surface area is 181 Å². The first kappa shape index (κ1) is 22.3. The van der Waals surface area contributed by atoms with Crippen LogP contribution in [0, 0.1) is 0 Å². The lowest BCUT2D eigenvalue weighted by atomic mass is 9.79. The summed E-state index contributed by atoms with van der Waals surface area (Å²) in [4.78, 5) is 27.2. The van der Waals surface area contributed by atoms with Gasteiger partial charge in [-0.15, -0.1) is 0 Å².